The van der Waals surface area contributed by atoms with Crippen LogP contribution < -0.4 is 5.32 Å². The van der Waals surface area contributed by atoms with E-state index in [-0.39, 0.29) is 23.0 Å². The van der Waals surface area contributed by atoms with E-state index in [4.69, 9.17) is 0 Å². The molecule has 2 aromatic rings. The number of phenols is 2. The Kier molecular flexibility index (Phi) is 3.94. The first-order valence-corrected chi connectivity index (χ1v) is 6.42. The molecule has 0 unspecified atom stereocenters. The molecule has 0 atom stereocenters. The van der Waals surface area contributed by atoms with Gasteiger partial charge < -0.3 is 15.5 Å². The first kappa shape index (κ1) is 13.9. The van der Waals surface area contributed by atoms with Crippen LogP contribution in [0.2, 0.25) is 0 Å². The van der Waals surface area contributed by atoms with Crippen molar-refractivity contribution >= 4 is 11.6 Å². The van der Waals surface area contributed by atoms with Crippen molar-refractivity contribution in [2.45, 2.75) is 19.8 Å². The Bertz CT molecular complexity index is 615. The van der Waals surface area contributed by atoms with Gasteiger partial charge in [-0.15, -0.1) is 0 Å². The second-order valence-electron chi connectivity index (χ2n) is 4.87. The molecule has 2 aromatic carbocycles. The van der Waals surface area contributed by atoms with Gasteiger partial charge >= 0.3 is 0 Å². The Labute approximate surface area is 117 Å². The largest absolute Gasteiger partial charge is 0.507 e. The number of hydrogen-bond acceptors (Lipinski definition) is 3. The van der Waals surface area contributed by atoms with Crippen LogP contribution in [0.3, 0.4) is 0 Å². The van der Waals surface area contributed by atoms with Crippen molar-refractivity contribution in [1.82, 2.24) is 0 Å². The number of anilines is 1. The van der Waals surface area contributed by atoms with Gasteiger partial charge in [-0.25, -0.2) is 0 Å². The zero-order valence-electron chi connectivity index (χ0n) is 11.4. The summed E-state index contributed by atoms with van der Waals surface area (Å²) in [4.78, 5) is 12.2. The maximum absolute atomic E-state index is 12.2. The lowest BCUT2D eigenvalue weighted by Gasteiger charge is -2.14. The average Bonchev–Trinajstić information content (AvgIpc) is 2.38. The first-order chi connectivity index (χ1) is 9.50. The quantitative estimate of drug-likeness (QED) is 0.800. The summed E-state index contributed by atoms with van der Waals surface area (Å²) in [6.07, 6.45) is 0. The number of carbonyl (C=O) groups is 1. The van der Waals surface area contributed by atoms with Crippen LogP contribution in [0.4, 0.5) is 5.69 Å². The third-order valence-corrected chi connectivity index (χ3v) is 3.08. The number of hydrogen-bond donors (Lipinski definition) is 3. The van der Waals surface area contributed by atoms with Crippen LogP contribution >= 0.6 is 0 Å². The number of phenolic OH excluding ortho intramolecular Hbond substituents is 2. The lowest BCUT2D eigenvalue weighted by Crippen LogP contribution is -2.14. The van der Waals surface area contributed by atoms with E-state index in [1.807, 2.05) is 32.0 Å². The van der Waals surface area contributed by atoms with E-state index in [0.29, 0.717) is 5.69 Å². The highest BCUT2D eigenvalue weighted by molar-refractivity contribution is 6.08. The predicted octanol–water partition coefficient (Wildman–Crippen LogP) is 3.47. The van der Waals surface area contributed by atoms with E-state index in [1.165, 1.54) is 18.2 Å². The molecule has 1 amide bonds. The summed E-state index contributed by atoms with van der Waals surface area (Å²) >= 11 is 0. The average molecular weight is 271 g/mol. The summed E-state index contributed by atoms with van der Waals surface area (Å²) in [7, 11) is 0. The fourth-order valence-electron chi connectivity index (χ4n) is 2.06. The molecule has 0 heterocycles. The topological polar surface area (TPSA) is 69.6 Å². The Morgan fingerprint density at radius 3 is 2.20 bits per heavy atom. The van der Waals surface area contributed by atoms with Crippen LogP contribution in [0.5, 0.6) is 11.5 Å². The SMILES string of the molecule is CC(C)c1ccccc1NC(=O)c1c(O)cccc1O. The molecule has 0 aliphatic rings. The van der Waals surface area contributed by atoms with Crippen LogP contribution in [0, 0.1) is 0 Å². The van der Waals surface area contributed by atoms with Gasteiger partial charge in [-0.1, -0.05) is 38.1 Å². The van der Waals surface area contributed by atoms with E-state index in [2.05, 4.69) is 5.32 Å². The molecule has 2 rings (SSSR count). The second-order valence-corrected chi connectivity index (χ2v) is 4.87. The zero-order chi connectivity index (χ0) is 14.7. The van der Waals surface area contributed by atoms with E-state index in [0.717, 1.165) is 5.56 Å². The molecule has 0 bridgehead atoms. The van der Waals surface area contributed by atoms with Crippen LogP contribution in [0.1, 0.15) is 35.7 Å². The second kappa shape index (κ2) is 5.65. The number of nitrogens with one attached hydrogen (secondary N) is 1. The Hall–Kier alpha value is -2.49. The number of rotatable bonds is 3. The van der Waals surface area contributed by atoms with Crippen molar-refractivity contribution in [3.05, 3.63) is 53.6 Å². The summed E-state index contributed by atoms with van der Waals surface area (Å²) in [5.41, 5.74) is 1.55. The summed E-state index contributed by atoms with van der Waals surface area (Å²) in [6, 6.07) is 11.7. The monoisotopic (exact) mass is 271 g/mol. The van der Waals surface area contributed by atoms with Crippen LogP contribution in [-0.4, -0.2) is 16.1 Å². The smallest absolute Gasteiger partial charge is 0.263 e. The molecule has 20 heavy (non-hydrogen) atoms. The van der Waals surface area contributed by atoms with Gasteiger partial charge in [-0.05, 0) is 29.7 Å². The van der Waals surface area contributed by atoms with Gasteiger partial charge in [0.2, 0.25) is 0 Å². The molecule has 0 spiro atoms. The Balaban J connectivity index is 2.33. The van der Waals surface area contributed by atoms with Crippen molar-refractivity contribution in [3.8, 4) is 11.5 Å². The van der Waals surface area contributed by atoms with Gasteiger partial charge in [0.25, 0.3) is 5.91 Å². The highest BCUT2D eigenvalue weighted by atomic mass is 16.3. The molecule has 0 fully saturated rings. The number of carbonyl (C=O) groups excluding carboxylic acids is 1. The van der Waals surface area contributed by atoms with E-state index in [9.17, 15) is 15.0 Å². The maximum Gasteiger partial charge on any atom is 0.263 e. The number of amides is 1. The number of aromatic hydroxyl groups is 2. The normalized spacial score (nSPS) is 10.6. The molecule has 4 heteroatoms. The maximum atomic E-state index is 12.2. The van der Waals surface area contributed by atoms with Crippen molar-refractivity contribution < 1.29 is 15.0 Å². The third-order valence-electron chi connectivity index (χ3n) is 3.08. The van der Waals surface area contributed by atoms with E-state index in [1.54, 1.807) is 6.07 Å². The van der Waals surface area contributed by atoms with E-state index >= 15 is 0 Å². The van der Waals surface area contributed by atoms with Crippen LogP contribution in [-0.2, 0) is 0 Å². The molecule has 0 aliphatic carbocycles. The molecule has 104 valence electrons. The Morgan fingerprint density at radius 2 is 1.60 bits per heavy atom. The molecule has 0 aliphatic heterocycles. The molecule has 3 N–H and O–H groups in total. The molecule has 0 aromatic heterocycles. The number of benzene rings is 2. The predicted molar refractivity (Wildman–Crippen MR) is 78.3 cm³/mol. The van der Waals surface area contributed by atoms with Crippen LogP contribution in [0.15, 0.2) is 42.5 Å². The minimum Gasteiger partial charge on any atom is -0.507 e. The molecule has 4 nitrogen and oxygen atoms in total. The van der Waals surface area contributed by atoms with Gasteiger partial charge in [-0.2, -0.15) is 0 Å². The lowest BCUT2D eigenvalue weighted by molar-refractivity contribution is 0.102. The summed E-state index contributed by atoms with van der Waals surface area (Å²) < 4.78 is 0. The van der Waals surface area contributed by atoms with Gasteiger partial charge in [-0.3, -0.25) is 4.79 Å². The van der Waals surface area contributed by atoms with Gasteiger partial charge in [0, 0.05) is 5.69 Å². The van der Waals surface area contributed by atoms with Crippen molar-refractivity contribution in [1.29, 1.82) is 0 Å². The Morgan fingerprint density at radius 1 is 1.00 bits per heavy atom. The standard InChI is InChI=1S/C16H17NO3/c1-10(2)11-6-3-4-7-12(11)17-16(20)15-13(18)8-5-9-14(15)19/h3-10,18-19H,1-2H3,(H,17,20). The summed E-state index contributed by atoms with van der Waals surface area (Å²) in [5.74, 6) is -0.771. The minimum atomic E-state index is -0.534. The fourth-order valence-corrected chi connectivity index (χ4v) is 2.06. The lowest BCUT2D eigenvalue weighted by atomic mass is 10.0. The molecule has 0 radical (unpaired) electrons. The number of para-hydroxylation sites is 1. The molecule has 0 saturated carbocycles. The molecular formula is C16H17NO3. The fraction of sp³-hybridized carbons (Fsp3) is 0.188. The zero-order valence-corrected chi connectivity index (χ0v) is 11.4. The van der Waals surface area contributed by atoms with Crippen molar-refractivity contribution in [3.63, 3.8) is 0 Å². The molecular weight excluding hydrogens is 254 g/mol. The summed E-state index contributed by atoms with van der Waals surface area (Å²) in [6.45, 7) is 4.06. The van der Waals surface area contributed by atoms with Crippen molar-refractivity contribution in [2.75, 3.05) is 5.32 Å². The minimum absolute atomic E-state index is 0.119. The first-order valence-electron chi connectivity index (χ1n) is 6.42. The highest BCUT2D eigenvalue weighted by Crippen LogP contribution is 2.29. The van der Waals surface area contributed by atoms with Gasteiger partial charge in [0.15, 0.2) is 0 Å². The molecule has 0 saturated heterocycles. The van der Waals surface area contributed by atoms with E-state index < -0.39 is 5.91 Å². The van der Waals surface area contributed by atoms with Crippen LogP contribution in [0.25, 0.3) is 0 Å². The third kappa shape index (κ3) is 2.74. The van der Waals surface area contributed by atoms with Gasteiger partial charge in [0.05, 0.1) is 0 Å². The van der Waals surface area contributed by atoms with Crippen molar-refractivity contribution in [2.24, 2.45) is 0 Å². The summed E-state index contributed by atoms with van der Waals surface area (Å²) in [5, 5.41) is 22.1. The highest BCUT2D eigenvalue weighted by Gasteiger charge is 2.17. The van der Waals surface area contributed by atoms with Gasteiger partial charge in [0.1, 0.15) is 17.1 Å².